The summed E-state index contributed by atoms with van der Waals surface area (Å²) in [7, 11) is 1.66. The van der Waals surface area contributed by atoms with Crippen LogP contribution in [0.15, 0.2) is 42.8 Å². The number of anilines is 1. The van der Waals surface area contributed by atoms with E-state index in [0.717, 1.165) is 6.07 Å². The lowest BCUT2D eigenvalue weighted by Crippen LogP contribution is -2.39. The highest BCUT2D eigenvalue weighted by Crippen LogP contribution is 2.15. The van der Waals surface area contributed by atoms with Crippen LogP contribution in [-0.4, -0.2) is 30.4 Å². The second-order valence-corrected chi connectivity index (χ2v) is 4.49. The molecule has 0 radical (unpaired) electrons. The molecular weight excluding hydrogens is 307 g/mol. The summed E-state index contributed by atoms with van der Waals surface area (Å²) in [6, 6.07) is 5.08. The predicted octanol–water partition coefficient (Wildman–Crippen LogP) is 3.02. The van der Waals surface area contributed by atoms with Gasteiger partial charge in [0.1, 0.15) is 17.7 Å². The van der Waals surface area contributed by atoms with Crippen molar-refractivity contribution in [3.8, 4) is 6.07 Å². The summed E-state index contributed by atoms with van der Waals surface area (Å²) in [6.07, 6.45) is 3.15. The van der Waals surface area contributed by atoms with E-state index in [4.69, 9.17) is 16.9 Å². The van der Waals surface area contributed by atoms with E-state index in [0.29, 0.717) is 5.82 Å². The molecule has 0 saturated carbocycles. The molecule has 2 amide bonds. The molecule has 0 aliphatic carbocycles. The maximum Gasteiger partial charge on any atom is 0.327 e. The zero-order valence-electron chi connectivity index (χ0n) is 12.1. The van der Waals surface area contributed by atoms with Crippen molar-refractivity contribution in [2.45, 2.75) is 0 Å². The number of hydrogen-bond donors (Lipinski definition) is 2. The van der Waals surface area contributed by atoms with E-state index < -0.39 is 11.8 Å². The number of amides is 2. The molecule has 0 unspecified atom stereocenters. The first-order valence-electron chi connectivity index (χ1n) is 6.42. The molecule has 0 aromatic heterocycles. The van der Waals surface area contributed by atoms with Crippen LogP contribution in [0.3, 0.4) is 0 Å². The Hall–Kier alpha value is -2.52. The summed E-state index contributed by atoms with van der Waals surface area (Å²) < 4.78 is 13.6. The number of nitriles is 1. The van der Waals surface area contributed by atoms with Gasteiger partial charge in [0.2, 0.25) is 0 Å². The van der Waals surface area contributed by atoms with E-state index in [1.807, 2.05) is 0 Å². The van der Waals surface area contributed by atoms with Crippen molar-refractivity contribution in [1.29, 1.82) is 5.26 Å². The minimum absolute atomic E-state index is 0.0851. The van der Waals surface area contributed by atoms with Crippen molar-refractivity contribution in [2.75, 3.05) is 24.8 Å². The minimum atomic E-state index is -0.695. The third kappa shape index (κ3) is 4.50. The molecule has 0 heterocycles. The third-order valence-electron chi connectivity index (χ3n) is 2.72. The van der Waals surface area contributed by atoms with Crippen LogP contribution in [0.4, 0.5) is 14.9 Å². The number of allylic oxidation sites excluding steroid dienone is 2. The molecule has 0 saturated heterocycles. The Morgan fingerprint density at radius 2 is 2.32 bits per heavy atom. The number of hydrogen-bond acceptors (Lipinski definition) is 3. The van der Waals surface area contributed by atoms with Gasteiger partial charge in [-0.1, -0.05) is 12.7 Å². The van der Waals surface area contributed by atoms with Gasteiger partial charge in [0.15, 0.2) is 0 Å². The molecule has 0 aliphatic heterocycles. The molecular formula is C15H16ClFN4O. The zero-order valence-corrected chi connectivity index (χ0v) is 12.8. The number of carbonyl (C=O) groups excluding carboxylic acids is 1. The Balaban J connectivity index is 2.96. The van der Waals surface area contributed by atoms with Gasteiger partial charge in [-0.2, -0.15) is 5.26 Å². The van der Waals surface area contributed by atoms with Gasteiger partial charge >= 0.3 is 6.03 Å². The molecule has 1 aromatic rings. The van der Waals surface area contributed by atoms with Crippen molar-refractivity contribution >= 4 is 23.3 Å². The first-order valence-corrected chi connectivity index (χ1v) is 6.95. The van der Waals surface area contributed by atoms with Crippen LogP contribution in [0.5, 0.6) is 0 Å². The second kappa shape index (κ2) is 8.70. The van der Waals surface area contributed by atoms with Crippen molar-refractivity contribution in [2.24, 2.45) is 0 Å². The van der Waals surface area contributed by atoms with Crippen molar-refractivity contribution in [3.05, 3.63) is 54.1 Å². The highest BCUT2D eigenvalue weighted by Gasteiger charge is 2.17. The standard InChI is InChI=1S/C15H16ClFN4O/c1-3-4-14(19-2)21(8-7-16)15(22)20-12-6-5-11(10-18)13(17)9-12/h3-6,9,19H,1,7-8H2,2H3,(H,20,22)/b14-4+. The highest BCUT2D eigenvalue weighted by molar-refractivity contribution is 6.18. The largest absolute Gasteiger partial charge is 0.374 e. The van der Waals surface area contributed by atoms with Gasteiger partial charge in [0.25, 0.3) is 0 Å². The molecule has 0 fully saturated rings. The summed E-state index contributed by atoms with van der Waals surface area (Å²) in [5, 5.41) is 14.1. The van der Waals surface area contributed by atoms with Crippen LogP contribution in [0, 0.1) is 17.1 Å². The summed E-state index contributed by atoms with van der Waals surface area (Å²) in [4.78, 5) is 13.7. The van der Waals surface area contributed by atoms with E-state index in [1.165, 1.54) is 23.1 Å². The monoisotopic (exact) mass is 322 g/mol. The fourth-order valence-corrected chi connectivity index (χ4v) is 1.88. The van der Waals surface area contributed by atoms with Crippen LogP contribution < -0.4 is 10.6 Å². The average molecular weight is 323 g/mol. The normalized spacial score (nSPS) is 10.5. The molecule has 5 nitrogen and oxygen atoms in total. The fourth-order valence-electron chi connectivity index (χ4n) is 1.71. The SMILES string of the molecule is C=C/C=C(\NC)N(CCCl)C(=O)Nc1ccc(C#N)c(F)c1. The fraction of sp³-hybridized carbons (Fsp3) is 0.200. The number of nitrogens with zero attached hydrogens (tertiary/aromatic N) is 2. The second-order valence-electron chi connectivity index (χ2n) is 4.11. The van der Waals surface area contributed by atoms with E-state index >= 15 is 0 Å². The molecule has 1 rings (SSSR count). The van der Waals surface area contributed by atoms with E-state index in [2.05, 4.69) is 17.2 Å². The Morgan fingerprint density at radius 3 is 2.82 bits per heavy atom. The topological polar surface area (TPSA) is 68.2 Å². The Morgan fingerprint density at radius 1 is 1.59 bits per heavy atom. The molecule has 2 N–H and O–H groups in total. The van der Waals surface area contributed by atoms with Crippen LogP contribution in [0.2, 0.25) is 0 Å². The van der Waals surface area contributed by atoms with Crippen LogP contribution in [-0.2, 0) is 0 Å². The van der Waals surface area contributed by atoms with E-state index in [1.54, 1.807) is 19.2 Å². The average Bonchev–Trinajstić information content (AvgIpc) is 2.50. The van der Waals surface area contributed by atoms with Crippen molar-refractivity contribution in [3.63, 3.8) is 0 Å². The Labute approximate surface area is 133 Å². The van der Waals surface area contributed by atoms with E-state index in [-0.39, 0.29) is 23.7 Å². The number of urea groups is 1. The van der Waals surface area contributed by atoms with Crippen LogP contribution in [0.1, 0.15) is 5.56 Å². The Kier molecular flexibility index (Phi) is 6.93. The maximum atomic E-state index is 13.6. The molecule has 7 heteroatoms. The lowest BCUT2D eigenvalue weighted by molar-refractivity contribution is 0.224. The zero-order chi connectivity index (χ0) is 16.5. The van der Waals surface area contributed by atoms with Gasteiger partial charge in [0, 0.05) is 25.2 Å². The van der Waals surface area contributed by atoms with E-state index in [9.17, 15) is 9.18 Å². The lowest BCUT2D eigenvalue weighted by atomic mass is 10.2. The maximum absolute atomic E-state index is 13.6. The highest BCUT2D eigenvalue weighted by atomic mass is 35.5. The van der Waals surface area contributed by atoms with Crippen molar-refractivity contribution in [1.82, 2.24) is 10.2 Å². The smallest absolute Gasteiger partial charge is 0.327 e. The van der Waals surface area contributed by atoms with Gasteiger partial charge in [-0.3, -0.25) is 4.90 Å². The van der Waals surface area contributed by atoms with Gasteiger partial charge in [-0.25, -0.2) is 9.18 Å². The molecule has 0 atom stereocenters. The number of alkyl halides is 1. The summed E-state index contributed by atoms with van der Waals surface area (Å²) in [6.45, 7) is 3.83. The summed E-state index contributed by atoms with van der Waals surface area (Å²) >= 11 is 5.71. The van der Waals surface area contributed by atoms with Crippen molar-refractivity contribution < 1.29 is 9.18 Å². The number of nitrogens with one attached hydrogen (secondary N) is 2. The minimum Gasteiger partial charge on any atom is -0.374 e. The lowest BCUT2D eigenvalue weighted by Gasteiger charge is -2.24. The first-order chi connectivity index (χ1) is 10.6. The van der Waals surface area contributed by atoms with Crippen LogP contribution in [0.25, 0.3) is 0 Å². The number of benzene rings is 1. The number of carbonyl (C=O) groups is 1. The quantitative estimate of drug-likeness (QED) is 0.625. The number of halogens is 2. The summed E-state index contributed by atoms with van der Waals surface area (Å²) in [5.74, 6) is 0.0348. The summed E-state index contributed by atoms with van der Waals surface area (Å²) in [5.41, 5.74) is 0.160. The third-order valence-corrected chi connectivity index (χ3v) is 2.89. The predicted molar refractivity (Wildman–Crippen MR) is 84.9 cm³/mol. The number of rotatable bonds is 6. The molecule has 1 aromatic carbocycles. The van der Waals surface area contributed by atoms with Gasteiger partial charge < -0.3 is 10.6 Å². The van der Waals surface area contributed by atoms with Gasteiger partial charge in [-0.15, -0.1) is 11.6 Å². The molecule has 22 heavy (non-hydrogen) atoms. The molecule has 0 spiro atoms. The van der Waals surface area contributed by atoms with Gasteiger partial charge in [0.05, 0.1) is 5.56 Å². The molecule has 0 bridgehead atoms. The van der Waals surface area contributed by atoms with Gasteiger partial charge in [-0.05, 0) is 24.3 Å². The first kappa shape index (κ1) is 17.5. The molecule has 0 aliphatic rings. The Bertz CT molecular complexity index is 624. The molecule has 116 valence electrons. The van der Waals surface area contributed by atoms with Crippen LogP contribution >= 0.6 is 11.6 Å².